The van der Waals surface area contributed by atoms with E-state index in [9.17, 15) is 9.59 Å². The number of nitrogens with zero attached hydrogens (tertiary/aromatic N) is 3. The summed E-state index contributed by atoms with van der Waals surface area (Å²) in [6, 6.07) is 18.9. The van der Waals surface area contributed by atoms with E-state index >= 15 is 0 Å². The van der Waals surface area contributed by atoms with Gasteiger partial charge in [-0.05, 0) is 41.6 Å². The third-order valence-corrected chi connectivity index (χ3v) is 5.35. The summed E-state index contributed by atoms with van der Waals surface area (Å²) >= 11 is 0. The number of rotatable bonds is 3. The van der Waals surface area contributed by atoms with Gasteiger partial charge in [-0.15, -0.1) is 0 Å². The zero-order valence-corrected chi connectivity index (χ0v) is 16.1. The maximum atomic E-state index is 13.0. The number of para-hydroxylation sites is 1. The van der Waals surface area contributed by atoms with E-state index in [0.29, 0.717) is 18.7 Å². The number of carbonyl (C=O) groups excluding carboxylic acids is 1. The number of hydrogen-bond donors (Lipinski definition) is 1. The summed E-state index contributed by atoms with van der Waals surface area (Å²) in [6.45, 7) is 3.63. The number of carbonyl (C=O) groups is 1. The Balaban J connectivity index is 1.45. The lowest BCUT2D eigenvalue weighted by atomic mass is 10.1. The minimum absolute atomic E-state index is 0.198. The van der Waals surface area contributed by atoms with Crippen LogP contribution in [0, 0.1) is 11.3 Å². The summed E-state index contributed by atoms with van der Waals surface area (Å²) < 4.78 is 0. The molecule has 1 N–H and O–H groups in total. The number of fused-ring (bicyclic) bond motifs is 1. The molecule has 0 atom stereocenters. The second-order valence-electron chi connectivity index (χ2n) is 7.33. The topological polar surface area (TPSA) is 80.2 Å². The van der Waals surface area contributed by atoms with Crippen molar-refractivity contribution < 1.29 is 4.79 Å². The Morgan fingerprint density at radius 1 is 1.03 bits per heavy atom. The quantitative estimate of drug-likeness (QED) is 0.751. The molecule has 1 aliphatic heterocycles. The van der Waals surface area contributed by atoms with Gasteiger partial charge in [0, 0.05) is 38.2 Å². The summed E-state index contributed by atoms with van der Waals surface area (Å²) in [4.78, 5) is 32.3. The number of aromatic nitrogens is 1. The minimum Gasteiger partial charge on any atom is -0.337 e. The van der Waals surface area contributed by atoms with Crippen LogP contribution in [-0.2, 0) is 6.54 Å². The molecule has 0 aliphatic carbocycles. The molecule has 4 rings (SSSR count). The van der Waals surface area contributed by atoms with Crippen LogP contribution in [0.4, 0.5) is 0 Å². The predicted octanol–water partition coefficient (Wildman–Crippen LogP) is 2.75. The highest BCUT2D eigenvalue weighted by Gasteiger charge is 2.22. The highest BCUT2D eigenvalue weighted by Crippen LogP contribution is 2.14. The van der Waals surface area contributed by atoms with Crippen LogP contribution in [0.15, 0.2) is 59.4 Å². The maximum Gasteiger partial charge on any atom is 0.261 e. The Labute approximate surface area is 169 Å². The molecular formula is C23H22N4O2. The van der Waals surface area contributed by atoms with Gasteiger partial charge in [-0.2, -0.15) is 5.26 Å². The van der Waals surface area contributed by atoms with Gasteiger partial charge in [0.05, 0.1) is 11.6 Å². The van der Waals surface area contributed by atoms with Crippen LogP contribution in [0.5, 0.6) is 0 Å². The van der Waals surface area contributed by atoms with Gasteiger partial charge >= 0.3 is 0 Å². The Bertz CT molecular complexity index is 1130. The molecule has 0 spiro atoms. The molecule has 146 valence electrons. The largest absolute Gasteiger partial charge is 0.337 e. The van der Waals surface area contributed by atoms with Crippen LogP contribution in [0.1, 0.15) is 27.9 Å². The van der Waals surface area contributed by atoms with Crippen molar-refractivity contribution in [3.05, 3.63) is 81.6 Å². The average Bonchev–Trinajstić information content (AvgIpc) is 2.99. The van der Waals surface area contributed by atoms with Crippen molar-refractivity contribution in [3.63, 3.8) is 0 Å². The van der Waals surface area contributed by atoms with Gasteiger partial charge in [-0.25, -0.2) is 0 Å². The molecule has 6 nitrogen and oxygen atoms in total. The zero-order chi connectivity index (χ0) is 20.2. The van der Waals surface area contributed by atoms with Gasteiger partial charge in [0.15, 0.2) is 0 Å². The second-order valence-corrected chi connectivity index (χ2v) is 7.33. The molecule has 1 aromatic heterocycles. The van der Waals surface area contributed by atoms with Crippen molar-refractivity contribution >= 4 is 16.8 Å². The summed E-state index contributed by atoms with van der Waals surface area (Å²) in [5, 5.41) is 9.77. The fraction of sp³-hybridized carbons (Fsp3) is 0.261. The normalized spacial score (nSPS) is 15.1. The first kappa shape index (κ1) is 18.9. The van der Waals surface area contributed by atoms with Gasteiger partial charge in [-0.1, -0.05) is 30.3 Å². The van der Waals surface area contributed by atoms with Gasteiger partial charge in [0.25, 0.3) is 11.5 Å². The van der Waals surface area contributed by atoms with E-state index in [0.717, 1.165) is 42.5 Å². The Morgan fingerprint density at radius 3 is 2.62 bits per heavy atom. The highest BCUT2D eigenvalue weighted by atomic mass is 16.2. The highest BCUT2D eigenvalue weighted by molar-refractivity contribution is 5.97. The van der Waals surface area contributed by atoms with Crippen LogP contribution in [-0.4, -0.2) is 46.9 Å². The maximum absolute atomic E-state index is 13.0. The molecule has 0 radical (unpaired) electrons. The van der Waals surface area contributed by atoms with Crippen molar-refractivity contribution in [1.29, 1.82) is 5.26 Å². The Morgan fingerprint density at radius 2 is 1.83 bits per heavy atom. The zero-order valence-electron chi connectivity index (χ0n) is 16.1. The van der Waals surface area contributed by atoms with E-state index < -0.39 is 0 Å². The van der Waals surface area contributed by atoms with Crippen LogP contribution >= 0.6 is 0 Å². The SMILES string of the molecule is N#Cc1ccc(CN2CCCN(C(=O)c3cc4ccccc4[nH]c3=O)CC2)cc1. The van der Waals surface area contributed by atoms with Gasteiger partial charge in [-0.3, -0.25) is 14.5 Å². The molecule has 1 amide bonds. The standard InChI is InChI=1S/C23H22N4O2/c24-15-17-6-8-18(9-7-17)16-26-10-3-11-27(13-12-26)23(29)20-14-19-4-1-2-5-21(19)25-22(20)28/h1-2,4-9,14H,3,10-13,16H2,(H,25,28). The van der Waals surface area contributed by atoms with E-state index in [4.69, 9.17) is 5.26 Å². The third kappa shape index (κ3) is 4.20. The van der Waals surface area contributed by atoms with Crippen molar-refractivity contribution in [1.82, 2.24) is 14.8 Å². The summed E-state index contributed by atoms with van der Waals surface area (Å²) in [5.74, 6) is -0.211. The van der Waals surface area contributed by atoms with Crippen LogP contribution in [0.2, 0.25) is 0 Å². The van der Waals surface area contributed by atoms with Gasteiger partial charge in [0.1, 0.15) is 5.56 Å². The van der Waals surface area contributed by atoms with Crippen LogP contribution in [0.3, 0.4) is 0 Å². The molecular weight excluding hydrogens is 364 g/mol. The van der Waals surface area contributed by atoms with Crippen LogP contribution in [0.25, 0.3) is 10.9 Å². The molecule has 1 fully saturated rings. The summed E-state index contributed by atoms with van der Waals surface area (Å²) in [5.41, 5.74) is 2.40. The molecule has 3 aromatic rings. The lowest BCUT2D eigenvalue weighted by Crippen LogP contribution is -2.37. The molecule has 2 aromatic carbocycles. The summed E-state index contributed by atoms with van der Waals surface area (Å²) in [7, 11) is 0. The Hall–Kier alpha value is -3.43. The number of H-pyrrole nitrogens is 1. The number of nitriles is 1. The average molecular weight is 386 g/mol. The number of aromatic amines is 1. The second kappa shape index (κ2) is 8.29. The number of benzene rings is 2. The van der Waals surface area contributed by atoms with E-state index in [-0.39, 0.29) is 17.0 Å². The number of hydrogen-bond acceptors (Lipinski definition) is 4. The van der Waals surface area contributed by atoms with E-state index in [1.54, 1.807) is 11.0 Å². The van der Waals surface area contributed by atoms with E-state index in [1.807, 2.05) is 48.5 Å². The van der Waals surface area contributed by atoms with Crippen molar-refractivity contribution in [2.24, 2.45) is 0 Å². The predicted molar refractivity (Wildman–Crippen MR) is 112 cm³/mol. The molecule has 2 heterocycles. The lowest BCUT2D eigenvalue weighted by molar-refractivity contribution is 0.0759. The first-order valence-electron chi connectivity index (χ1n) is 9.77. The van der Waals surface area contributed by atoms with E-state index in [2.05, 4.69) is 16.0 Å². The third-order valence-electron chi connectivity index (χ3n) is 5.35. The minimum atomic E-state index is -0.340. The van der Waals surface area contributed by atoms with E-state index in [1.165, 1.54) is 0 Å². The molecule has 1 saturated heterocycles. The van der Waals surface area contributed by atoms with Crippen LogP contribution < -0.4 is 5.56 Å². The lowest BCUT2D eigenvalue weighted by Gasteiger charge is -2.22. The fourth-order valence-electron chi connectivity index (χ4n) is 3.75. The molecule has 29 heavy (non-hydrogen) atoms. The number of nitrogens with one attached hydrogen (secondary N) is 1. The first-order chi connectivity index (χ1) is 14.1. The van der Waals surface area contributed by atoms with Gasteiger partial charge < -0.3 is 9.88 Å². The van der Waals surface area contributed by atoms with Crippen molar-refractivity contribution in [2.75, 3.05) is 26.2 Å². The molecule has 6 heteroatoms. The summed E-state index contributed by atoms with van der Waals surface area (Å²) in [6.07, 6.45) is 0.855. The Kier molecular flexibility index (Phi) is 5.41. The molecule has 0 bridgehead atoms. The number of pyridine rings is 1. The molecule has 0 unspecified atom stereocenters. The van der Waals surface area contributed by atoms with Crippen molar-refractivity contribution in [2.45, 2.75) is 13.0 Å². The van der Waals surface area contributed by atoms with Crippen molar-refractivity contribution in [3.8, 4) is 6.07 Å². The monoisotopic (exact) mass is 386 g/mol. The fourth-order valence-corrected chi connectivity index (χ4v) is 3.75. The number of amides is 1. The molecule has 0 saturated carbocycles. The first-order valence-corrected chi connectivity index (χ1v) is 9.77. The molecule has 1 aliphatic rings. The van der Waals surface area contributed by atoms with Gasteiger partial charge in [0.2, 0.25) is 0 Å². The smallest absolute Gasteiger partial charge is 0.261 e.